The lowest BCUT2D eigenvalue weighted by molar-refractivity contribution is 0.0754. The van der Waals surface area contributed by atoms with Crippen molar-refractivity contribution in [2.45, 2.75) is 26.0 Å². The largest absolute Gasteiger partial charge is 0.378 e. The van der Waals surface area contributed by atoms with Crippen LogP contribution in [0, 0.1) is 5.92 Å². The van der Waals surface area contributed by atoms with E-state index in [4.69, 9.17) is 16.3 Å². The second-order valence-corrected chi connectivity index (χ2v) is 5.61. The Bertz CT molecular complexity index is 459. The summed E-state index contributed by atoms with van der Waals surface area (Å²) in [5.74, 6) is -0.0569. The van der Waals surface area contributed by atoms with E-state index < -0.39 is 0 Å². The number of carbonyl (C=O) groups is 1. The molecule has 0 amide bonds. The van der Waals surface area contributed by atoms with E-state index in [1.165, 1.54) is 0 Å². The number of nitrogens with zero attached hydrogens (tertiary/aromatic N) is 3. The molecule has 1 aromatic rings. The molecular weight excluding hydrogens is 266 g/mol. The van der Waals surface area contributed by atoms with Gasteiger partial charge in [0, 0.05) is 13.2 Å². The van der Waals surface area contributed by atoms with Gasteiger partial charge in [-0.2, -0.15) is 5.10 Å². The number of hydrogen-bond acceptors (Lipinski definition) is 4. The van der Waals surface area contributed by atoms with Gasteiger partial charge in [-0.1, -0.05) is 11.6 Å². The normalized spacial score (nSPS) is 23.2. The van der Waals surface area contributed by atoms with Crippen LogP contribution in [0.2, 0.25) is 5.02 Å². The standard InChI is InChI=1S/C13H20ClN3O2/c1-9-10(4-7-19-9)13(18)12-11(14)8-15-17(12)6-5-16(2)3/h8-10H,4-7H2,1-3H3. The fourth-order valence-electron chi connectivity index (χ4n) is 2.32. The summed E-state index contributed by atoms with van der Waals surface area (Å²) < 4.78 is 7.16. The van der Waals surface area contributed by atoms with Crippen molar-refractivity contribution in [3.63, 3.8) is 0 Å². The van der Waals surface area contributed by atoms with Gasteiger partial charge in [-0.25, -0.2) is 0 Å². The quantitative estimate of drug-likeness (QED) is 0.773. The highest BCUT2D eigenvalue weighted by Crippen LogP contribution is 2.27. The summed E-state index contributed by atoms with van der Waals surface area (Å²) in [6, 6.07) is 0. The molecule has 1 aliphatic rings. The summed E-state index contributed by atoms with van der Waals surface area (Å²) in [4.78, 5) is 14.6. The van der Waals surface area contributed by atoms with Crippen LogP contribution >= 0.6 is 11.6 Å². The Labute approximate surface area is 118 Å². The highest BCUT2D eigenvalue weighted by atomic mass is 35.5. The molecule has 1 aliphatic heterocycles. The average Bonchev–Trinajstić information content (AvgIpc) is 2.92. The number of aromatic nitrogens is 2. The number of ketones is 1. The highest BCUT2D eigenvalue weighted by molar-refractivity contribution is 6.33. The number of rotatable bonds is 5. The van der Waals surface area contributed by atoms with E-state index in [-0.39, 0.29) is 17.8 Å². The topological polar surface area (TPSA) is 47.4 Å². The van der Waals surface area contributed by atoms with E-state index in [0.29, 0.717) is 23.9 Å². The van der Waals surface area contributed by atoms with Crippen LogP contribution in [0.5, 0.6) is 0 Å². The Kier molecular flexibility index (Phi) is 4.60. The summed E-state index contributed by atoms with van der Waals surface area (Å²) in [5.41, 5.74) is 0.519. The molecule has 2 atom stereocenters. The third-order valence-electron chi connectivity index (χ3n) is 3.50. The van der Waals surface area contributed by atoms with Gasteiger partial charge in [-0.3, -0.25) is 9.48 Å². The third kappa shape index (κ3) is 3.16. The number of Topliss-reactive ketones (excluding diaryl/α,β-unsaturated/α-hetero) is 1. The number of ether oxygens (including phenoxy) is 1. The van der Waals surface area contributed by atoms with Gasteiger partial charge in [-0.05, 0) is 27.4 Å². The Hall–Kier alpha value is -0.910. The number of hydrogen-bond donors (Lipinski definition) is 0. The van der Waals surface area contributed by atoms with Crippen LogP contribution in [0.25, 0.3) is 0 Å². The predicted molar refractivity (Wildman–Crippen MR) is 73.6 cm³/mol. The smallest absolute Gasteiger partial charge is 0.188 e. The van der Waals surface area contributed by atoms with Gasteiger partial charge in [0.1, 0.15) is 5.69 Å². The molecule has 0 spiro atoms. The fourth-order valence-corrected chi connectivity index (χ4v) is 2.56. The Morgan fingerprint density at radius 1 is 1.63 bits per heavy atom. The maximum Gasteiger partial charge on any atom is 0.188 e. The lowest BCUT2D eigenvalue weighted by Gasteiger charge is -2.15. The van der Waals surface area contributed by atoms with Gasteiger partial charge >= 0.3 is 0 Å². The number of likely N-dealkylation sites (N-methyl/N-ethyl adjacent to an activating group) is 1. The van der Waals surface area contributed by atoms with Crippen molar-refractivity contribution in [1.29, 1.82) is 0 Å². The van der Waals surface area contributed by atoms with E-state index in [2.05, 4.69) is 5.10 Å². The third-order valence-corrected chi connectivity index (χ3v) is 3.78. The zero-order chi connectivity index (χ0) is 14.0. The van der Waals surface area contributed by atoms with Crippen LogP contribution in [-0.2, 0) is 11.3 Å². The van der Waals surface area contributed by atoms with Crippen LogP contribution in [0.1, 0.15) is 23.8 Å². The van der Waals surface area contributed by atoms with Crippen LogP contribution in [0.3, 0.4) is 0 Å². The van der Waals surface area contributed by atoms with E-state index in [9.17, 15) is 4.79 Å². The predicted octanol–water partition coefficient (Wildman–Crippen LogP) is 1.71. The Morgan fingerprint density at radius 2 is 2.37 bits per heavy atom. The molecule has 2 heterocycles. The number of halogens is 1. The van der Waals surface area contributed by atoms with E-state index in [0.717, 1.165) is 13.0 Å². The highest BCUT2D eigenvalue weighted by Gasteiger charge is 2.34. The van der Waals surface area contributed by atoms with Crippen molar-refractivity contribution < 1.29 is 9.53 Å². The van der Waals surface area contributed by atoms with Crippen LogP contribution in [0.4, 0.5) is 0 Å². The van der Waals surface area contributed by atoms with Crippen molar-refractivity contribution in [2.75, 3.05) is 27.2 Å². The first-order valence-electron chi connectivity index (χ1n) is 6.52. The SMILES string of the molecule is CC1OCCC1C(=O)c1c(Cl)cnn1CCN(C)C. The summed E-state index contributed by atoms with van der Waals surface area (Å²) >= 11 is 6.12. The van der Waals surface area contributed by atoms with E-state index >= 15 is 0 Å². The van der Waals surface area contributed by atoms with Crippen molar-refractivity contribution in [3.8, 4) is 0 Å². The minimum Gasteiger partial charge on any atom is -0.378 e. The zero-order valence-electron chi connectivity index (χ0n) is 11.6. The molecule has 5 nitrogen and oxygen atoms in total. The molecule has 106 valence electrons. The molecule has 19 heavy (non-hydrogen) atoms. The van der Waals surface area contributed by atoms with E-state index in [1.807, 2.05) is 25.9 Å². The molecule has 0 N–H and O–H groups in total. The molecule has 1 saturated heterocycles. The molecule has 0 aromatic carbocycles. The zero-order valence-corrected chi connectivity index (χ0v) is 12.4. The molecule has 2 rings (SSSR count). The van der Waals surface area contributed by atoms with Gasteiger partial charge in [0.25, 0.3) is 0 Å². The molecule has 0 radical (unpaired) electrons. The van der Waals surface area contributed by atoms with Crippen molar-refractivity contribution in [2.24, 2.45) is 5.92 Å². The van der Waals surface area contributed by atoms with Crippen LogP contribution < -0.4 is 0 Å². The lowest BCUT2D eigenvalue weighted by Crippen LogP contribution is -2.27. The second kappa shape index (κ2) is 6.03. The molecule has 0 aliphatic carbocycles. The Balaban J connectivity index is 2.18. The van der Waals surface area contributed by atoms with Crippen molar-refractivity contribution >= 4 is 17.4 Å². The Morgan fingerprint density at radius 3 is 2.95 bits per heavy atom. The fraction of sp³-hybridized carbons (Fsp3) is 0.692. The summed E-state index contributed by atoms with van der Waals surface area (Å²) in [6.07, 6.45) is 2.26. The van der Waals surface area contributed by atoms with E-state index in [1.54, 1.807) is 10.9 Å². The van der Waals surface area contributed by atoms with Gasteiger partial charge in [0.15, 0.2) is 5.78 Å². The molecule has 0 saturated carbocycles. The molecule has 1 fully saturated rings. The average molecular weight is 286 g/mol. The summed E-state index contributed by atoms with van der Waals surface area (Å²) in [7, 11) is 3.97. The van der Waals surface area contributed by atoms with Gasteiger partial charge in [0.2, 0.25) is 0 Å². The second-order valence-electron chi connectivity index (χ2n) is 5.20. The molecule has 2 unspecified atom stereocenters. The first-order valence-corrected chi connectivity index (χ1v) is 6.90. The van der Waals surface area contributed by atoms with Gasteiger partial charge in [-0.15, -0.1) is 0 Å². The monoisotopic (exact) mass is 285 g/mol. The van der Waals surface area contributed by atoms with Crippen molar-refractivity contribution in [1.82, 2.24) is 14.7 Å². The van der Waals surface area contributed by atoms with Gasteiger partial charge in [0.05, 0.1) is 29.8 Å². The molecule has 0 bridgehead atoms. The summed E-state index contributed by atoms with van der Waals surface area (Å²) in [6.45, 7) is 4.04. The molecule has 1 aromatic heterocycles. The molecular formula is C13H20ClN3O2. The minimum absolute atomic E-state index is 0.0410. The maximum atomic E-state index is 12.6. The lowest BCUT2D eigenvalue weighted by atomic mass is 9.95. The first-order chi connectivity index (χ1) is 9.00. The minimum atomic E-state index is -0.104. The van der Waals surface area contributed by atoms with Crippen LogP contribution in [-0.4, -0.2) is 53.8 Å². The van der Waals surface area contributed by atoms with Crippen molar-refractivity contribution in [3.05, 3.63) is 16.9 Å². The first kappa shape index (κ1) is 14.5. The molecule has 6 heteroatoms. The maximum absolute atomic E-state index is 12.6. The van der Waals surface area contributed by atoms with Gasteiger partial charge < -0.3 is 9.64 Å². The summed E-state index contributed by atoms with van der Waals surface area (Å²) in [5, 5.41) is 4.63. The van der Waals surface area contributed by atoms with Crippen LogP contribution in [0.15, 0.2) is 6.20 Å². The number of carbonyl (C=O) groups excluding carboxylic acids is 1.